The van der Waals surface area contributed by atoms with Crippen LogP contribution in [0, 0.1) is 0 Å². The second kappa shape index (κ2) is 5.37. The summed E-state index contributed by atoms with van der Waals surface area (Å²) in [5.74, 6) is 0.212. The van der Waals surface area contributed by atoms with Crippen molar-refractivity contribution in [2.24, 2.45) is 0 Å². The van der Waals surface area contributed by atoms with Crippen LogP contribution in [0.15, 0.2) is 28.2 Å². The SMILES string of the molecule is CS(=O)CCNS(=O)(=O)c1c[nH]ccc1=O. The van der Waals surface area contributed by atoms with Crippen LogP contribution in [-0.4, -0.2) is 36.2 Å². The molecule has 1 unspecified atom stereocenters. The van der Waals surface area contributed by atoms with Crippen LogP contribution in [0.5, 0.6) is 0 Å². The molecule has 1 aromatic rings. The van der Waals surface area contributed by atoms with E-state index in [1.807, 2.05) is 0 Å². The Morgan fingerprint density at radius 3 is 2.75 bits per heavy atom. The molecule has 1 heterocycles. The fraction of sp³-hybridized carbons (Fsp3) is 0.375. The first-order chi connectivity index (χ1) is 7.43. The first-order valence-corrected chi connectivity index (χ1v) is 7.61. The summed E-state index contributed by atoms with van der Waals surface area (Å²) in [7, 11) is -4.89. The third-order valence-electron chi connectivity index (χ3n) is 1.76. The van der Waals surface area contributed by atoms with Crippen molar-refractivity contribution in [1.29, 1.82) is 0 Å². The molecule has 0 aliphatic carbocycles. The van der Waals surface area contributed by atoms with Gasteiger partial charge >= 0.3 is 0 Å². The molecule has 1 aromatic heterocycles. The molecule has 0 saturated heterocycles. The van der Waals surface area contributed by atoms with Crippen molar-refractivity contribution < 1.29 is 12.6 Å². The van der Waals surface area contributed by atoms with Crippen LogP contribution in [-0.2, 0) is 20.8 Å². The highest BCUT2D eigenvalue weighted by Crippen LogP contribution is 1.98. The van der Waals surface area contributed by atoms with Crippen molar-refractivity contribution in [3.8, 4) is 0 Å². The smallest absolute Gasteiger partial charge is 0.245 e. The highest BCUT2D eigenvalue weighted by molar-refractivity contribution is 7.89. The van der Waals surface area contributed by atoms with E-state index in [0.29, 0.717) is 0 Å². The molecule has 0 aliphatic heterocycles. The number of nitrogens with one attached hydrogen (secondary N) is 2. The second-order valence-corrected chi connectivity index (χ2v) is 6.34. The largest absolute Gasteiger partial charge is 0.366 e. The number of H-pyrrole nitrogens is 1. The molecule has 0 bridgehead atoms. The van der Waals surface area contributed by atoms with Gasteiger partial charge in [-0.1, -0.05) is 0 Å². The summed E-state index contributed by atoms with van der Waals surface area (Å²) in [6, 6.07) is 1.13. The molecule has 16 heavy (non-hydrogen) atoms. The minimum Gasteiger partial charge on any atom is -0.366 e. The molecule has 1 rings (SSSR count). The molecule has 0 saturated carbocycles. The van der Waals surface area contributed by atoms with E-state index in [-0.39, 0.29) is 17.2 Å². The third kappa shape index (κ3) is 3.54. The molecule has 8 heteroatoms. The van der Waals surface area contributed by atoms with Crippen LogP contribution >= 0.6 is 0 Å². The lowest BCUT2D eigenvalue weighted by Crippen LogP contribution is -2.31. The summed E-state index contributed by atoms with van der Waals surface area (Å²) in [4.78, 5) is 13.5. The Balaban J connectivity index is 2.83. The van der Waals surface area contributed by atoms with Crippen LogP contribution in [0.2, 0.25) is 0 Å². The summed E-state index contributed by atoms with van der Waals surface area (Å²) in [5.41, 5.74) is -0.580. The van der Waals surface area contributed by atoms with Gasteiger partial charge in [-0.25, -0.2) is 13.1 Å². The van der Waals surface area contributed by atoms with E-state index in [0.717, 1.165) is 12.3 Å². The summed E-state index contributed by atoms with van der Waals surface area (Å²) >= 11 is 0. The molecule has 0 fully saturated rings. The van der Waals surface area contributed by atoms with E-state index < -0.39 is 26.3 Å². The maximum atomic E-state index is 11.6. The Hall–Kier alpha value is -0.990. The Morgan fingerprint density at radius 1 is 1.50 bits per heavy atom. The summed E-state index contributed by atoms with van der Waals surface area (Å²) in [6.07, 6.45) is 3.94. The minimum atomic E-state index is -3.81. The van der Waals surface area contributed by atoms with Gasteiger partial charge in [0.25, 0.3) is 0 Å². The highest BCUT2D eigenvalue weighted by Gasteiger charge is 2.16. The standard InChI is InChI=1S/C8H12N2O4S2/c1-15(12)5-4-10-16(13,14)8-6-9-3-2-7(8)11/h2-3,6,10H,4-5H2,1H3,(H,9,11). The maximum Gasteiger partial charge on any atom is 0.245 e. The van der Waals surface area contributed by atoms with Crippen molar-refractivity contribution in [2.45, 2.75) is 4.90 Å². The predicted molar refractivity (Wildman–Crippen MR) is 61.2 cm³/mol. The van der Waals surface area contributed by atoms with Crippen LogP contribution in [0.3, 0.4) is 0 Å². The fourth-order valence-electron chi connectivity index (χ4n) is 1.01. The Labute approximate surface area is 95.6 Å². The molecule has 6 nitrogen and oxygen atoms in total. The monoisotopic (exact) mass is 264 g/mol. The van der Waals surface area contributed by atoms with E-state index in [1.165, 1.54) is 12.5 Å². The summed E-state index contributed by atoms with van der Waals surface area (Å²) in [5, 5.41) is 0. The first-order valence-electron chi connectivity index (χ1n) is 4.40. The van der Waals surface area contributed by atoms with Gasteiger partial charge in [-0.15, -0.1) is 0 Å². The van der Waals surface area contributed by atoms with Gasteiger partial charge in [0.05, 0.1) is 0 Å². The summed E-state index contributed by atoms with van der Waals surface area (Å²) < 4.78 is 36.2. The van der Waals surface area contributed by atoms with Crippen molar-refractivity contribution >= 4 is 20.8 Å². The topological polar surface area (TPSA) is 96.1 Å². The number of pyridine rings is 1. The van der Waals surface area contributed by atoms with E-state index >= 15 is 0 Å². The van der Waals surface area contributed by atoms with E-state index in [4.69, 9.17) is 0 Å². The molecular weight excluding hydrogens is 252 g/mol. The van der Waals surface area contributed by atoms with Gasteiger partial charge in [0.1, 0.15) is 4.90 Å². The molecule has 0 radical (unpaired) electrons. The van der Waals surface area contributed by atoms with Crippen molar-refractivity contribution in [3.63, 3.8) is 0 Å². The zero-order valence-corrected chi connectivity index (χ0v) is 10.2. The molecule has 0 aliphatic rings. The van der Waals surface area contributed by atoms with E-state index in [9.17, 15) is 17.4 Å². The molecule has 0 aromatic carbocycles. The highest BCUT2D eigenvalue weighted by atomic mass is 32.2. The van der Waals surface area contributed by atoms with Crippen LogP contribution < -0.4 is 10.2 Å². The van der Waals surface area contributed by atoms with Crippen molar-refractivity contribution in [1.82, 2.24) is 9.71 Å². The maximum absolute atomic E-state index is 11.6. The second-order valence-electron chi connectivity index (χ2n) is 3.05. The van der Waals surface area contributed by atoms with Gasteiger partial charge in [0.15, 0.2) is 0 Å². The third-order valence-corrected chi connectivity index (χ3v) is 4.02. The first kappa shape index (κ1) is 13.1. The fourth-order valence-corrected chi connectivity index (χ4v) is 2.61. The van der Waals surface area contributed by atoms with Gasteiger partial charge in [0.2, 0.25) is 15.5 Å². The molecule has 0 spiro atoms. The number of rotatable bonds is 5. The summed E-state index contributed by atoms with van der Waals surface area (Å²) in [6.45, 7) is 0.0414. The predicted octanol–water partition coefficient (Wildman–Crippen LogP) is -0.968. The van der Waals surface area contributed by atoms with Crippen LogP contribution in [0.4, 0.5) is 0 Å². The Morgan fingerprint density at radius 2 is 2.19 bits per heavy atom. The van der Waals surface area contributed by atoms with E-state index in [1.54, 1.807) is 0 Å². The number of sulfonamides is 1. The van der Waals surface area contributed by atoms with Crippen molar-refractivity contribution in [3.05, 3.63) is 28.7 Å². The lowest BCUT2D eigenvalue weighted by Gasteiger charge is -2.04. The van der Waals surface area contributed by atoms with Gasteiger partial charge in [-0.3, -0.25) is 9.00 Å². The van der Waals surface area contributed by atoms with Gasteiger partial charge in [0, 0.05) is 47.8 Å². The zero-order chi connectivity index (χ0) is 12.2. The van der Waals surface area contributed by atoms with Crippen LogP contribution in [0.1, 0.15) is 0 Å². The Kier molecular flexibility index (Phi) is 4.39. The van der Waals surface area contributed by atoms with Gasteiger partial charge in [-0.2, -0.15) is 0 Å². The molecule has 0 amide bonds. The number of aromatic nitrogens is 1. The molecule has 90 valence electrons. The van der Waals surface area contributed by atoms with E-state index in [2.05, 4.69) is 9.71 Å². The average molecular weight is 264 g/mol. The minimum absolute atomic E-state index is 0.0414. The lowest BCUT2D eigenvalue weighted by atomic mass is 10.5. The normalized spacial score (nSPS) is 13.6. The lowest BCUT2D eigenvalue weighted by molar-refractivity contribution is 0.583. The molecule has 1 atom stereocenters. The number of hydrogen-bond donors (Lipinski definition) is 2. The average Bonchev–Trinajstić information content (AvgIpc) is 2.17. The van der Waals surface area contributed by atoms with Gasteiger partial charge < -0.3 is 4.98 Å². The zero-order valence-electron chi connectivity index (χ0n) is 8.60. The molecular formula is C8H12N2O4S2. The Bertz CT molecular complexity index is 535. The molecule has 2 N–H and O–H groups in total. The number of aromatic amines is 1. The van der Waals surface area contributed by atoms with Crippen molar-refractivity contribution in [2.75, 3.05) is 18.6 Å². The van der Waals surface area contributed by atoms with Crippen LogP contribution in [0.25, 0.3) is 0 Å². The number of hydrogen-bond acceptors (Lipinski definition) is 4. The van der Waals surface area contributed by atoms with Gasteiger partial charge in [-0.05, 0) is 0 Å². The quantitative estimate of drug-likeness (QED) is 0.715.